The molecule has 1 unspecified atom stereocenters. The van der Waals surface area contributed by atoms with Crippen molar-refractivity contribution in [1.29, 1.82) is 0 Å². The molecule has 1 aromatic heterocycles. The van der Waals surface area contributed by atoms with Crippen molar-refractivity contribution in [2.24, 2.45) is 5.73 Å². The number of rotatable bonds is 4. The van der Waals surface area contributed by atoms with E-state index in [9.17, 15) is 0 Å². The van der Waals surface area contributed by atoms with E-state index in [0.717, 1.165) is 28.7 Å². The molecule has 0 spiro atoms. The predicted molar refractivity (Wildman–Crippen MR) is 75.2 cm³/mol. The quantitative estimate of drug-likeness (QED) is 0.945. The number of nitrogens with zero attached hydrogens (tertiary/aromatic N) is 3. The van der Waals surface area contributed by atoms with Crippen molar-refractivity contribution in [1.82, 2.24) is 15.0 Å². The molecule has 5 heteroatoms. The monoisotopic (exact) mass is 308 g/mol. The van der Waals surface area contributed by atoms with Gasteiger partial charge in [0.05, 0.1) is 17.9 Å². The van der Waals surface area contributed by atoms with Crippen LogP contribution in [0.1, 0.15) is 36.2 Å². The summed E-state index contributed by atoms with van der Waals surface area (Å²) in [5.74, 6) is 0. The Morgan fingerprint density at radius 1 is 1.44 bits per heavy atom. The zero-order valence-electron chi connectivity index (χ0n) is 10.6. The van der Waals surface area contributed by atoms with E-state index < -0.39 is 0 Å². The van der Waals surface area contributed by atoms with Gasteiger partial charge in [0.15, 0.2) is 0 Å². The Morgan fingerprint density at radius 2 is 2.22 bits per heavy atom. The number of aryl methyl sites for hydroxylation is 2. The van der Waals surface area contributed by atoms with Crippen LogP contribution in [0.4, 0.5) is 0 Å². The van der Waals surface area contributed by atoms with Crippen LogP contribution in [0.25, 0.3) is 0 Å². The number of hydrogen-bond acceptors (Lipinski definition) is 3. The Kier molecular flexibility index (Phi) is 4.14. The van der Waals surface area contributed by atoms with E-state index in [1.165, 1.54) is 5.56 Å². The SMILES string of the molecule is CCCn1nncc1C(N)c1cc(Br)ccc1C. The van der Waals surface area contributed by atoms with E-state index in [1.807, 2.05) is 10.7 Å². The molecule has 0 fully saturated rings. The summed E-state index contributed by atoms with van der Waals surface area (Å²) in [6.07, 6.45) is 2.77. The van der Waals surface area contributed by atoms with E-state index in [1.54, 1.807) is 6.20 Å². The summed E-state index contributed by atoms with van der Waals surface area (Å²) >= 11 is 3.48. The fourth-order valence-electron chi connectivity index (χ4n) is 2.00. The largest absolute Gasteiger partial charge is 0.319 e. The smallest absolute Gasteiger partial charge is 0.0799 e. The molecule has 0 bridgehead atoms. The first-order valence-electron chi connectivity index (χ1n) is 6.03. The summed E-state index contributed by atoms with van der Waals surface area (Å²) < 4.78 is 2.92. The van der Waals surface area contributed by atoms with Gasteiger partial charge in [-0.15, -0.1) is 5.10 Å². The Labute approximate surface area is 115 Å². The van der Waals surface area contributed by atoms with Crippen LogP contribution < -0.4 is 5.73 Å². The lowest BCUT2D eigenvalue weighted by molar-refractivity contribution is 0.543. The van der Waals surface area contributed by atoms with Gasteiger partial charge in [-0.2, -0.15) is 0 Å². The molecule has 2 rings (SSSR count). The van der Waals surface area contributed by atoms with Crippen LogP contribution in [0.5, 0.6) is 0 Å². The Morgan fingerprint density at radius 3 is 2.94 bits per heavy atom. The summed E-state index contributed by atoms with van der Waals surface area (Å²) in [6, 6.07) is 5.95. The number of aromatic nitrogens is 3. The highest BCUT2D eigenvalue weighted by Gasteiger charge is 2.16. The molecule has 0 aliphatic rings. The van der Waals surface area contributed by atoms with E-state index in [0.29, 0.717) is 0 Å². The van der Waals surface area contributed by atoms with Crippen molar-refractivity contribution in [3.8, 4) is 0 Å². The summed E-state index contributed by atoms with van der Waals surface area (Å²) in [5.41, 5.74) is 9.57. The van der Waals surface area contributed by atoms with Crippen molar-refractivity contribution in [2.45, 2.75) is 32.9 Å². The maximum atomic E-state index is 6.34. The maximum absolute atomic E-state index is 6.34. The van der Waals surface area contributed by atoms with Crippen LogP contribution in [-0.4, -0.2) is 15.0 Å². The van der Waals surface area contributed by atoms with Gasteiger partial charge in [-0.1, -0.05) is 34.1 Å². The van der Waals surface area contributed by atoms with Crippen LogP contribution in [0.3, 0.4) is 0 Å². The van der Waals surface area contributed by atoms with Gasteiger partial charge < -0.3 is 5.73 Å². The second-order valence-corrected chi connectivity index (χ2v) is 5.28. The molecule has 0 saturated heterocycles. The predicted octanol–water partition coefficient (Wildman–Crippen LogP) is 2.81. The summed E-state index contributed by atoms with van der Waals surface area (Å²) in [6.45, 7) is 5.02. The first-order valence-corrected chi connectivity index (χ1v) is 6.82. The van der Waals surface area contributed by atoms with Gasteiger partial charge in [-0.3, -0.25) is 0 Å². The van der Waals surface area contributed by atoms with Gasteiger partial charge in [0.2, 0.25) is 0 Å². The molecule has 2 aromatic rings. The molecule has 4 nitrogen and oxygen atoms in total. The Balaban J connectivity index is 2.38. The minimum atomic E-state index is -0.191. The molecular formula is C13H17BrN4. The second-order valence-electron chi connectivity index (χ2n) is 4.36. The number of halogens is 1. The third-order valence-corrected chi connectivity index (χ3v) is 3.47. The van der Waals surface area contributed by atoms with E-state index in [4.69, 9.17) is 5.73 Å². The zero-order valence-corrected chi connectivity index (χ0v) is 12.2. The Hall–Kier alpha value is -1.20. The highest BCUT2D eigenvalue weighted by Crippen LogP contribution is 2.25. The molecule has 0 aliphatic carbocycles. The molecular weight excluding hydrogens is 292 g/mol. The number of benzene rings is 1. The molecule has 1 aromatic carbocycles. The molecule has 0 saturated carbocycles. The highest BCUT2D eigenvalue weighted by atomic mass is 79.9. The van der Waals surface area contributed by atoms with E-state index in [2.05, 4.69) is 52.2 Å². The number of nitrogens with two attached hydrogens (primary N) is 1. The third-order valence-electron chi connectivity index (χ3n) is 2.98. The standard InChI is InChI=1S/C13H17BrN4/c1-3-6-18-12(8-16-17-18)13(15)11-7-10(14)5-4-9(11)2/h4-5,7-8,13H,3,6,15H2,1-2H3. The van der Waals surface area contributed by atoms with E-state index >= 15 is 0 Å². The van der Waals surface area contributed by atoms with Gasteiger partial charge in [-0.25, -0.2) is 4.68 Å². The molecule has 18 heavy (non-hydrogen) atoms. The normalized spacial score (nSPS) is 12.7. The summed E-state index contributed by atoms with van der Waals surface area (Å²) in [7, 11) is 0. The lowest BCUT2D eigenvalue weighted by atomic mass is 10.00. The minimum absolute atomic E-state index is 0.191. The first-order chi connectivity index (χ1) is 8.63. The minimum Gasteiger partial charge on any atom is -0.319 e. The average Bonchev–Trinajstić information content (AvgIpc) is 2.80. The molecule has 1 heterocycles. The molecule has 0 radical (unpaired) electrons. The fourth-order valence-corrected chi connectivity index (χ4v) is 2.38. The van der Waals surface area contributed by atoms with Crippen molar-refractivity contribution in [3.63, 3.8) is 0 Å². The van der Waals surface area contributed by atoms with Gasteiger partial charge in [-0.05, 0) is 36.6 Å². The lowest BCUT2D eigenvalue weighted by Gasteiger charge is -2.16. The van der Waals surface area contributed by atoms with Gasteiger partial charge >= 0.3 is 0 Å². The van der Waals surface area contributed by atoms with Crippen LogP contribution in [0, 0.1) is 6.92 Å². The van der Waals surface area contributed by atoms with E-state index in [-0.39, 0.29) is 6.04 Å². The summed E-state index contributed by atoms with van der Waals surface area (Å²) in [5, 5.41) is 8.04. The maximum Gasteiger partial charge on any atom is 0.0799 e. The van der Waals surface area contributed by atoms with Crippen LogP contribution in [-0.2, 0) is 6.54 Å². The molecule has 96 valence electrons. The fraction of sp³-hybridized carbons (Fsp3) is 0.385. The molecule has 2 N–H and O–H groups in total. The highest BCUT2D eigenvalue weighted by molar-refractivity contribution is 9.10. The van der Waals surface area contributed by atoms with Gasteiger partial charge in [0.25, 0.3) is 0 Å². The topological polar surface area (TPSA) is 56.7 Å². The third kappa shape index (κ3) is 2.62. The van der Waals surface area contributed by atoms with Crippen molar-refractivity contribution >= 4 is 15.9 Å². The zero-order chi connectivity index (χ0) is 13.1. The first kappa shape index (κ1) is 13.2. The van der Waals surface area contributed by atoms with Crippen LogP contribution in [0.2, 0.25) is 0 Å². The average molecular weight is 309 g/mol. The van der Waals surface area contributed by atoms with Crippen LogP contribution in [0.15, 0.2) is 28.9 Å². The van der Waals surface area contributed by atoms with Crippen LogP contribution >= 0.6 is 15.9 Å². The van der Waals surface area contributed by atoms with Crippen molar-refractivity contribution in [2.75, 3.05) is 0 Å². The lowest BCUT2D eigenvalue weighted by Crippen LogP contribution is -2.18. The van der Waals surface area contributed by atoms with Crippen molar-refractivity contribution in [3.05, 3.63) is 45.7 Å². The van der Waals surface area contributed by atoms with Crippen molar-refractivity contribution < 1.29 is 0 Å². The Bertz CT molecular complexity index is 536. The molecule has 0 aliphatic heterocycles. The molecule has 1 atom stereocenters. The summed E-state index contributed by atoms with van der Waals surface area (Å²) in [4.78, 5) is 0. The second kappa shape index (κ2) is 5.63. The number of hydrogen-bond donors (Lipinski definition) is 1. The van der Waals surface area contributed by atoms with Gasteiger partial charge in [0.1, 0.15) is 0 Å². The van der Waals surface area contributed by atoms with Gasteiger partial charge in [0, 0.05) is 11.0 Å². The molecule has 0 amide bonds.